The molecule has 1 fully saturated rings. The number of aromatic nitrogens is 1. The lowest BCUT2D eigenvalue weighted by molar-refractivity contribution is -0.384. The highest BCUT2D eigenvalue weighted by atomic mass is 16.6. The first kappa shape index (κ1) is 21.1. The number of aliphatic hydroxyl groups is 2. The summed E-state index contributed by atoms with van der Waals surface area (Å²) in [4.78, 5) is 41.0. The van der Waals surface area contributed by atoms with Gasteiger partial charge in [-0.1, -0.05) is 6.07 Å². The summed E-state index contributed by atoms with van der Waals surface area (Å²) in [5, 5.41) is 30.5. The molecule has 1 aromatic carbocycles. The summed E-state index contributed by atoms with van der Waals surface area (Å²) >= 11 is 0. The first-order valence-electron chi connectivity index (χ1n) is 9.07. The van der Waals surface area contributed by atoms with Crippen molar-refractivity contribution in [3.05, 3.63) is 75.6 Å². The Morgan fingerprint density at radius 1 is 1.20 bits per heavy atom. The zero-order chi connectivity index (χ0) is 21.7. The van der Waals surface area contributed by atoms with E-state index in [1.807, 2.05) is 0 Å². The van der Waals surface area contributed by atoms with Crippen LogP contribution in [-0.2, 0) is 14.3 Å². The molecular formula is C20H19N3O7. The van der Waals surface area contributed by atoms with Crippen LogP contribution in [0.5, 0.6) is 0 Å². The first-order chi connectivity index (χ1) is 14.5. The molecule has 10 heteroatoms. The van der Waals surface area contributed by atoms with E-state index in [0.29, 0.717) is 5.56 Å². The third-order valence-electron chi connectivity index (χ3n) is 4.60. The zero-order valence-electron chi connectivity index (χ0n) is 15.8. The Bertz CT molecular complexity index is 974. The molecule has 1 atom stereocenters. The van der Waals surface area contributed by atoms with Crippen LogP contribution in [0.25, 0.3) is 5.76 Å². The summed E-state index contributed by atoms with van der Waals surface area (Å²) < 4.78 is 5.22. The average molecular weight is 413 g/mol. The third kappa shape index (κ3) is 4.19. The summed E-state index contributed by atoms with van der Waals surface area (Å²) in [6.45, 7) is 0.0539. The molecule has 0 unspecified atom stereocenters. The maximum Gasteiger partial charge on any atom is 0.295 e. The quantitative estimate of drug-likeness (QED) is 0.165. The highest BCUT2D eigenvalue weighted by Crippen LogP contribution is 2.39. The number of nitro benzene ring substituents is 1. The van der Waals surface area contributed by atoms with Gasteiger partial charge in [0.15, 0.2) is 0 Å². The smallest absolute Gasteiger partial charge is 0.295 e. The molecule has 0 saturated carbocycles. The molecule has 30 heavy (non-hydrogen) atoms. The van der Waals surface area contributed by atoms with E-state index < -0.39 is 28.4 Å². The van der Waals surface area contributed by atoms with Gasteiger partial charge in [0.25, 0.3) is 17.4 Å². The fraction of sp³-hybridized carbons (Fsp3) is 0.250. The van der Waals surface area contributed by atoms with Crippen molar-refractivity contribution in [2.45, 2.75) is 6.04 Å². The van der Waals surface area contributed by atoms with Gasteiger partial charge in [0.1, 0.15) is 5.76 Å². The zero-order valence-corrected chi connectivity index (χ0v) is 15.8. The van der Waals surface area contributed by atoms with Crippen molar-refractivity contribution in [2.24, 2.45) is 0 Å². The third-order valence-corrected chi connectivity index (χ3v) is 4.60. The molecule has 1 aromatic heterocycles. The first-order valence-corrected chi connectivity index (χ1v) is 9.07. The van der Waals surface area contributed by atoms with Gasteiger partial charge in [-0.3, -0.25) is 24.7 Å². The molecule has 1 aliphatic heterocycles. The Kier molecular flexibility index (Phi) is 6.50. The molecule has 2 N–H and O–H groups in total. The van der Waals surface area contributed by atoms with E-state index in [-0.39, 0.29) is 43.2 Å². The number of likely N-dealkylation sites (tertiary alicyclic amines) is 1. The number of hydrogen-bond donors (Lipinski definition) is 2. The number of ether oxygens (including phenoxy) is 1. The topological polar surface area (TPSA) is 143 Å². The van der Waals surface area contributed by atoms with Crippen LogP contribution in [0, 0.1) is 10.1 Å². The van der Waals surface area contributed by atoms with Crippen molar-refractivity contribution >= 4 is 23.1 Å². The van der Waals surface area contributed by atoms with E-state index in [0.717, 1.165) is 0 Å². The van der Waals surface area contributed by atoms with Gasteiger partial charge in [-0.05, 0) is 23.8 Å². The van der Waals surface area contributed by atoms with E-state index in [4.69, 9.17) is 9.84 Å². The lowest BCUT2D eigenvalue weighted by Crippen LogP contribution is -2.33. The van der Waals surface area contributed by atoms with Crippen LogP contribution in [0.15, 0.2) is 54.4 Å². The molecule has 0 spiro atoms. The molecule has 1 saturated heterocycles. The molecule has 156 valence electrons. The van der Waals surface area contributed by atoms with Crippen LogP contribution >= 0.6 is 0 Å². The van der Waals surface area contributed by atoms with Gasteiger partial charge in [-0.25, -0.2) is 0 Å². The molecule has 2 heterocycles. The Labute approximate surface area is 171 Å². The van der Waals surface area contributed by atoms with Crippen LogP contribution in [0.1, 0.15) is 17.2 Å². The number of non-ortho nitro benzene ring substituents is 1. The summed E-state index contributed by atoms with van der Waals surface area (Å²) in [5.74, 6) is -2.11. The largest absolute Gasteiger partial charge is 0.507 e. The number of nitrogens with zero attached hydrogens (tertiary/aromatic N) is 3. The van der Waals surface area contributed by atoms with Crippen molar-refractivity contribution in [3.63, 3.8) is 0 Å². The number of nitro groups is 1. The molecule has 0 radical (unpaired) electrons. The molecule has 0 aliphatic carbocycles. The number of carbonyl (C=O) groups is 2. The van der Waals surface area contributed by atoms with E-state index in [1.54, 1.807) is 12.1 Å². The SMILES string of the molecule is O=C1C(=O)N(CCOCCO)[C@H](c2cccnc2)C1=C(O)c1ccc([N+](=O)[O-])cc1. The fourth-order valence-electron chi connectivity index (χ4n) is 3.22. The van der Waals surface area contributed by atoms with Crippen LogP contribution in [0.2, 0.25) is 0 Å². The number of Topliss-reactive ketones (excluding diaryl/α,β-unsaturated/α-hetero) is 1. The molecule has 3 rings (SSSR count). The van der Waals surface area contributed by atoms with Gasteiger partial charge < -0.3 is 19.8 Å². The molecule has 10 nitrogen and oxygen atoms in total. The highest BCUT2D eigenvalue weighted by Gasteiger charge is 2.46. The Morgan fingerprint density at radius 2 is 1.93 bits per heavy atom. The summed E-state index contributed by atoms with van der Waals surface area (Å²) in [5.41, 5.74) is 0.382. The number of rotatable bonds is 8. The minimum Gasteiger partial charge on any atom is -0.507 e. The van der Waals surface area contributed by atoms with E-state index >= 15 is 0 Å². The summed E-state index contributed by atoms with van der Waals surface area (Å²) in [7, 11) is 0. The normalized spacial score (nSPS) is 18.0. The molecule has 0 bridgehead atoms. The number of pyridine rings is 1. The summed E-state index contributed by atoms with van der Waals surface area (Å²) in [6, 6.07) is 7.45. The Balaban J connectivity index is 2.03. The monoisotopic (exact) mass is 413 g/mol. The van der Waals surface area contributed by atoms with Gasteiger partial charge in [0, 0.05) is 36.6 Å². The van der Waals surface area contributed by atoms with Crippen LogP contribution in [-0.4, -0.2) is 63.1 Å². The van der Waals surface area contributed by atoms with E-state index in [2.05, 4.69) is 4.98 Å². The number of benzene rings is 1. The number of aliphatic hydroxyl groups excluding tert-OH is 2. The minimum atomic E-state index is -0.897. The van der Waals surface area contributed by atoms with Crippen molar-refractivity contribution in [1.29, 1.82) is 0 Å². The van der Waals surface area contributed by atoms with Gasteiger partial charge in [0.2, 0.25) is 0 Å². The lowest BCUT2D eigenvalue weighted by atomic mass is 9.96. The minimum absolute atomic E-state index is 0.0567. The Hall–Kier alpha value is -3.63. The van der Waals surface area contributed by atoms with Crippen molar-refractivity contribution < 1.29 is 29.5 Å². The summed E-state index contributed by atoms with van der Waals surface area (Å²) in [6.07, 6.45) is 3.03. The Morgan fingerprint density at radius 3 is 2.53 bits per heavy atom. The number of carbonyl (C=O) groups excluding carboxylic acids is 2. The molecular weight excluding hydrogens is 394 g/mol. The standard InChI is InChI=1S/C20H19N3O7/c24-9-11-30-10-8-22-17(14-2-1-7-21-12-14)16(19(26)20(22)27)18(25)13-3-5-15(6-4-13)23(28)29/h1-7,12,17,24-25H,8-11H2/t17-/m1/s1. The number of hydrogen-bond acceptors (Lipinski definition) is 8. The van der Waals surface area contributed by atoms with Crippen LogP contribution in [0.4, 0.5) is 5.69 Å². The van der Waals surface area contributed by atoms with Crippen molar-refractivity contribution in [2.75, 3.05) is 26.4 Å². The van der Waals surface area contributed by atoms with Crippen LogP contribution < -0.4 is 0 Å². The van der Waals surface area contributed by atoms with Gasteiger partial charge in [-0.15, -0.1) is 0 Å². The fourth-order valence-corrected chi connectivity index (χ4v) is 3.22. The maximum absolute atomic E-state index is 12.8. The highest BCUT2D eigenvalue weighted by molar-refractivity contribution is 6.46. The van der Waals surface area contributed by atoms with Crippen molar-refractivity contribution in [3.8, 4) is 0 Å². The second-order valence-electron chi connectivity index (χ2n) is 6.42. The molecule has 2 aromatic rings. The van der Waals surface area contributed by atoms with E-state index in [9.17, 15) is 24.8 Å². The van der Waals surface area contributed by atoms with Gasteiger partial charge in [0.05, 0.1) is 36.4 Å². The maximum atomic E-state index is 12.8. The average Bonchev–Trinajstić information content (AvgIpc) is 3.01. The predicted octanol–water partition coefficient (Wildman–Crippen LogP) is 1.42. The van der Waals surface area contributed by atoms with Gasteiger partial charge in [-0.2, -0.15) is 0 Å². The predicted molar refractivity (Wildman–Crippen MR) is 104 cm³/mol. The van der Waals surface area contributed by atoms with E-state index in [1.165, 1.54) is 41.6 Å². The second kappa shape index (κ2) is 9.25. The van der Waals surface area contributed by atoms with Crippen molar-refractivity contribution in [1.82, 2.24) is 9.88 Å². The van der Waals surface area contributed by atoms with Crippen LogP contribution in [0.3, 0.4) is 0 Å². The lowest BCUT2D eigenvalue weighted by Gasteiger charge is -2.24. The molecule has 1 amide bonds. The number of ketones is 1. The second-order valence-corrected chi connectivity index (χ2v) is 6.42. The van der Waals surface area contributed by atoms with Gasteiger partial charge >= 0.3 is 0 Å². The number of amides is 1. The molecule has 1 aliphatic rings.